The van der Waals surface area contributed by atoms with Crippen LogP contribution in [0, 0.1) is 0 Å². The van der Waals surface area contributed by atoms with Crippen LogP contribution in [0.2, 0.25) is 0 Å². The minimum atomic E-state index is -3.70. The highest BCUT2D eigenvalue weighted by atomic mass is 32.2. The minimum Gasteiger partial charge on any atom is -0.469 e. The van der Waals surface area contributed by atoms with Crippen LogP contribution < -0.4 is 10.0 Å². The maximum atomic E-state index is 12.4. The van der Waals surface area contributed by atoms with Crippen LogP contribution in [0.3, 0.4) is 0 Å². The lowest BCUT2D eigenvalue weighted by molar-refractivity contribution is 0.0953. The van der Waals surface area contributed by atoms with Crippen LogP contribution in [-0.2, 0) is 16.4 Å². The topological polar surface area (TPSA) is 88.4 Å². The third-order valence-corrected chi connectivity index (χ3v) is 5.06. The van der Waals surface area contributed by atoms with Gasteiger partial charge in [-0.05, 0) is 42.5 Å². The Bertz CT molecular complexity index is 968. The van der Waals surface area contributed by atoms with E-state index in [1.54, 1.807) is 48.7 Å². The van der Waals surface area contributed by atoms with Crippen molar-refractivity contribution in [2.75, 3.05) is 11.3 Å². The molecular weight excluding hydrogens is 352 g/mol. The summed E-state index contributed by atoms with van der Waals surface area (Å²) in [5, 5.41) is 2.78. The maximum Gasteiger partial charge on any atom is 0.261 e. The summed E-state index contributed by atoms with van der Waals surface area (Å²) < 4.78 is 32.4. The summed E-state index contributed by atoms with van der Waals surface area (Å²) in [7, 11) is -3.70. The first-order valence-electron chi connectivity index (χ1n) is 8.03. The van der Waals surface area contributed by atoms with E-state index in [1.165, 1.54) is 18.2 Å². The summed E-state index contributed by atoms with van der Waals surface area (Å²) in [6.07, 6.45) is 2.17. The number of nitrogens with one attached hydrogen (secondary N) is 2. The second-order valence-corrected chi connectivity index (χ2v) is 7.27. The highest BCUT2D eigenvalue weighted by Crippen LogP contribution is 2.17. The average molecular weight is 370 g/mol. The van der Waals surface area contributed by atoms with E-state index in [-0.39, 0.29) is 10.8 Å². The number of carbonyl (C=O) groups excluding carboxylic acids is 1. The number of sulfonamides is 1. The molecule has 0 saturated carbocycles. The molecule has 0 unspecified atom stereocenters. The molecule has 0 aliphatic carbocycles. The van der Waals surface area contributed by atoms with Crippen molar-refractivity contribution >= 4 is 21.6 Å². The molecule has 26 heavy (non-hydrogen) atoms. The molecular formula is C19H18N2O4S. The van der Waals surface area contributed by atoms with Crippen molar-refractivity contribution in [2.24, 2.45) is 0 Å². The summed E-state index contributed by atoms with van der Waals surface area (Å²) in [6, 6.07) is 18.0. The number of hydrogen-bond donors (Lipinski definition) is 2. The summed E-state index contributed by atoms with van der Waals surface area (Å²) in [5.41, 5.74) is 0.699. The molecule has 7 heteroatoms. The van der Waals surface area contributed by atoms with Gasteiger partial charge in [0.15, 0.2) is 0 Å². The third-order valence-electron chi connectivity index (χ3n) is 3.67. The van der Waals surface area contributed by atoms with Crippen LogP contribution in [0.25, 0.3) is 0 Å². The van der Waals surface area contributed by atoms with Gasteiger partial charge in [-0.15, -0.1) is 0 Å². The molecule has 0 fully saturated rings. The van der Waals surface area contributed by atoms with Crippen molar-refractivity contribution in [1.82, 2.24) is 5.32 Å². The number of anilines is 1. The van der Waals surface area contributed by atoms with Gasteiger partial charge >= 0.3 is 0 Å². The van der Waals surface area contributed by atoms with Crippen molar-refractivity contribution < 1.29 is 17.6 Å². The molecule has 2 aromatic carbocycles. The largest absolute Gasteiger partial charge is 0.469 e. The number of hydrogen-bond acceptors (Lipinski definition) is 4. The zero-order valence-electron chi connectivity index (χ0n) is 13.9. The first kappa shape index (κ1) is 17.8. The lowest BCUT2D eigenvalue weighted by Gasteiger charge is -2.10. The Hall–Kier alpha value is -3.06. The van der Waals surface area contributed by atoms with Gasteiger partial charge in [0.25, 0.3) is 15.9 Å². The molecule has 0 aliphatic heterocycles. The first-order chi connectivity index (χ1) is 12.5. The molecule has 0 bridgehead atoms. The van der Waals surface area contributed by atoms with E-state index >= 15 is 0 Å². The molecule has 6 nitrogen and oxygen atoms in total. The predicted molar refractivity (Wildman–Crippen MR) is 98.4 cm³/mol. The number of carbonyl (C=O) groups is 1. The van der Waals surface area contributed by atoms with Crippen LogP contribution in [0.1, 0.15) is 16.1 Å². The number of rotatable bonds is 7. The van der Waals surface area contributed by atoms with E-state index in [4.69, 9.17) is 4.42 Å². The van der Waals surface area contributed by atoms with E-state index in [1.807, 2.05) is 6.07 Å². The van der Waals surface area contributed by atoms with Gasteiger partial charge < -0.3 is 9.73 Å². The fourth-order valence-electron chi connectivity index (χ4n) is 2.39. The second-order valence-electron chi connectivity index (χ2n) is 5.58. The number of amides is 1. The van der Waals surface area contributed by atoms with Gasteiger partial charge in [-0.2, -0.15) is 0 Å². The van der Waals surface area contributed by atoms with Crippen molar-refractivity contribution in [3.8, 4) is 0 Å². The van der Waals surface area contributed by atoms with Gasteiger partial charge in [-0.25, -0.2) is 8.42 Å². The molecule has 1 aromatic heterocycles. The van der Waals surface area contributed by atoms with Crippen molar-refractivity contribution in [1.29, 1.82) is 0 Å². The predicted octanol–water partition coefficient (Wildman–Crippen LogP) is 3.05. The Balaban J connectivity index is 1.65. The lowest BCUT2D eigenvalue weighted by atomic mass is 10.2. The van der Waals surface area contributed by atoms with Gasteiger partial charge in [0.05, 0.1) is 11.2 Å². The molecule has 2 N–H and O–H groups in total. The van der Waals surface area contributed by atoms with E-state index in [0.29, 0.717) is 24.2 Å². The van der Waals surface area contributed by atoms with E-state index in [2.05, 4.69) is 10.0 Å². The second kappa shape index (κ2) is 7.88. The Labute approximate surface area is 151 Å². The average Bonchev–Trinajstić information content (AvgIpc) is 3.16. The number of furan rings is 1. The summed E-state index contributed by atoms with van der Waals surface area (Å²) in [5.74, 6) is 0.506. The highest BCUT2D eigenvalue weighted by Gasteiger charge is 2.14. The van der Waals surface area contributed by atoms with Crippen molar-refractivity contribution in [3.63, 3.8) is 0 Å². The minimum absolute atomic E-state index is 0.160. The molecule has 3 rings (SSSR count). The Kier molecular flexibility index (Phi) is 5.38. The molecule has 1 heterocycles. The van der Waals surface area contributed by atoms with Crippen molar-refractivity contribution in [2.45, 2.75) is 11.3 Å². The van der Waals surface area contributed by atoms with Crippen LogP contribution >= 0.6 is 0 Å². The molecule has 0 atom stereocenters. The fraction of sp³-hybridized carbons (Fsp3) is 0.105. The van der Waals surface area contributed by atoms with Crippen molar-refractivity contribution in [3.05, 3.63) is 84.3 Å². The van der Waals surface area contributed by atoms with Crippen LogP contribution in [-0.4, -0.2) is 20.9 Å². The highest BCUT2D eigenvalue weighted by molar-refractivity contribution is 7.92. The third kappa shape index (κ3) is 4.52. The monoisotopic (exact) mass is 370 g/mol. The molecule has 0 radical (unpaired) electrons. The summed E-state index contributed by atoms with van der Waals surface area (Å²) in [4.78, 5) is 12.4. The number of benzene rings is 2. The molecule has 0 saturated heterocycles. The Morgan fingerprint density at radius 2 is 1.77 bits per heavy atom. The van der Waals surface area contributed by atoms with Gasteiger partial charge in [-0.1, -0.05) is 24.3 Å². The Morgan fingerprint density at radius 1 is 0.962 bits per heavy atom. The standard InChI is InChI=1S/C19H18N2O4S/c22-19(20-12-11-17-8-5-13-25-17)15-6-4-7-16(14-15)21-26(23,24)18-9-2-1-3-10-18/h1-10,13-14,21H,11-12H2,(H,20,22). The van der Waals surface area contributed by atoms with Crippen LogP contribution in [0.5, 0.6) is 0 Å². The summed E-state index contributed by atoms with van der Waals surface area (Å²) in [6.45, 7) is 0.423. The van der Waals surface area contributed by atoms with E-state index in [9.17, 15) is 13.2 Å². The molecule has 1 amide bonds. The van der Waals surface area contributed by atoms with Gasteiger partial charge in [0, 0.05) is 24.2 Å². The zero-order chi connectivity index (χ0) is 18.4. The quantitative estimate of drug-likeness (QED) is 0.669. The Morgan fingerprint density at radius 3 is 2.50 bits per heavy atom. The fourth-order valence-corrected chi connectivity index (χ4v) is 3.46. The first-order valence-corrected chi connectivity index (χ1v) is 9.51. The smallest absolute Gasteiger partial charge is 0.261 e. The van der Waals surface area contributed by atoms with Gasteiger partial charge in [0.1, 0.15) is 5.76 Å². The van der Waals surface area contributed by atoms with Gasteiger partial charge in [-0.3, -0.25) is 9.52 Å². The lowest BCUT2D eigenvalue weighted by Crippen LogP contribution is -2.25. The molecule has 3 aromatic rings. The normalized spacial score (nSPS) is 11.1. The zero-order valence-corrected chi connectivity index (χ0v) is 14.7. The SMILES string of the molecule is O=C(NCCc1ccco1)c1cccc(NS(=O)(=O)c2ccccc2)c1. The summed E-state index contributed by atoms with van der Waals surface area (Å²) >= 11 is 0. The molecule has 134 valence electrons. The van der Waals surface area contributed by atoms with Gasteiger partial charge in [0.2, 0.25) is 0 Å². The van der Waals surface area contributed by atoms with E-state index < -0.39 is 10.0 Å². The van der Waals surface area contributed by atoms with E-state index in [0.717, 1.165) is 5.76 Å². The molecule has 0 spiro atoms. The maximum absolute atomic E-state index is 12.4. The van der Waals surface area contributed by atoms with Crippen LogP contribution in [0.15, 0.2) is 82.3 Å². The van der Waals surface area contributed by atoms with Crippen LogP contribution in [0.4, 0.5) is 5.69 Å². The molecule has 0 aliphatic rings.